The molecule has 7 heteroatoms. The van der Waals surface area contributed by atoms with Gasteiger partial charge in [-0.1, -0.05) is 6.07 Å². The summed E-state index contributed by atoms with van der Waals surface area (Å²) in [5.74, 6) is 0.677. The summed E-state index contributed by atoms with van der Waals surface area (Å²) in [6.07, 6.45) is 0.398. The summed E-state index contributed by atoms with van der Waals surface area (Å²) in [7, 11) is 1.63. The van der Waals surface area contributed by atoms with Gasteiger partial charge in [0.2, 0.25) is 5.91 Å². The Balaban J connectivity index is 0.00000242. The number of carbonyl (C=O) groups is 1. The van der Waals surface area contributed by atoms with Crippen LogP contribution in [0.2, 0.25) is 0 Å². The fourth-order valence-corrected chi connectivity index (χ4v) is 2.09. The van der Waals surface area contributed by atoms with Crippen molar-refractivity contribution < 1.29 is 19.0 Å². The molecule has 124 valence electrons. The van der Waals surface area contributed by atoms with Crippen molar-refractivity contribution in [2.24, 2.45) is 0 Å². The standard InChI is InChI=1S/C15H22N2O4.ClH/c1-19-7-8-21-14-4-2-3-12(9-14)17-15(18)10-13-11-20-6-5-16-13;/h2-4,9,13,16H,5-8,10-11H2,1H3,(H,17,18);1H. The molecule has 1 aliphatic rings. The molecule has 0 spiro atoms. The van der Waals surface area contributed by atoms with E-state index in [0.29, 0.717) is 38.6 Å². The highest BCUT2D eigenvalue weighted by molar-refractivity contribution is 5.91. The van der Waals surface area contributed by atoms with Crippen LogP contribution in [0.3, 0.4) is 0 Å². The zero-order valence-corrected chi connectivity index (χ0v) is 13.5. The van der Waals surface area contributed by atoms with Crippen molar-refractivity contribution in [3.63, 3.8) is 0 Å². The fraction of sp³-hybridized carbons (Fsp3) is 0.533. The zero-order chi connectivity index (χ0) is 14.9. The van der Waals surface area contributed by atoms with Crippen LogP contribution < -0.4 is 15.4 Å². The molecule has 2 N–H and O–H groups in total. The lowest BCUT2D eigenvalue weighted by Crippen LogP contribution is -2.43. The van der Waals surface area contributed by atoms with Gasteiger partial charge in [-0.3, -0.25) is 4.79 Å². The largest absolute Gasteiger partial charge is 0.491 e. The molecule has 6 nitrogen and oxygen atoms in total. The molecule has 1 aliphatic heterocycles. The van der Waals surface area contributed by atoms with Crippen LogP contribution in [-0.2, 0) is 14.3 Å². The minimum Gasteiger partial charge on any atom is -0.491 e. The third-order valence-corrected chi connectivity index (χ3v) is 3.10. The van der Waals surface area contributed by atoms with Crippen molar-refractivity contribution in [3.8, 4) is 5.75 Å². The van der Waals surface area contributed by atoms with E-state index in [9.17, 15) is 4.79 Å². The minimum atomic E-state index is -0.0351. The van der Waals surface area contributed by atoms with Crippen LogP contribution in [-0.4, -0.2) is 52.0 Å². The number of carbonyl (C=O) groups excluding carboxylic acids is 1. The molecular formula is C15H23ClN2O4. The molecule has 2 rings (SSSR count). The van der Waals surface area contributed by atoms with Crippen LogP contribution in [0, 0.1) is 0 Å². The molecule has 1 heterocycles. The van der Waals surface area contributed by atoms with Gasteiger partial charge in [-0.05, 0) is 12.1 Å². The number of hydrogen-bond acceptors (Lipinski definition) is 5. The Kier molecular flexibility index (Phi) is 8.84. The summed E-state index contributed by atoms with van der Waals surface area (Å²) < 4.78 is 15.8. The SMILES string of the molecule is COCCOc1cccc(NC(=O)CC2COCCN2)c1.Cl. The van der Waals surface area contributed by atoms with Gasteiger partial charge in [-0.2, -0.15) is 0 Å². The monoisotopic (exact) mass is 330 g/mol. The van der Waals surface area contributed by atoms with Crippen LogP contribution >= 0.6 is 12.4 Å². The summed E-state index contributed by atoms with van der Waals surface area (Å²) in [4.78, 5) is 12.0. The van der Waals surface area contributed by atoms with Gasteiger partial charge in [0, 0.05) is 37.9 Å². The van der Waals surface area contributed by atoms with E-state index in [1.165, 1.54) is 0 Å². The second kappa shape index (κ2) is 10.4. The Labute approximate surface area is 136 Å². The van der Waals surface area contributed by atoms with Crippen LogP contribution in [0.1, 0.15) is 6.42 Å². The lowest BCUT2D eigenvalue weighted by Gasteiger charge is -2.23. The molecule has 0 aliphatic carbocycles. The highest BCUT2D eigenvalue weighted by Gasteiger charge is 2.16. The minimum absolute atomic E-state index is 0. The number of halogens is 1. The highest BCUT2D eigenvalue weighted by Crippen LogP contribution is 2.17. The first-order chi connectivity index (χ1) is 10.3. The summed E-state index contributed by atoms with van der Waals surface area (Å²) in [5, 5.41) is 6.13. The predicted molar refractivity (Wildman–Crippen MR) is 86.9 cm³/mol. The summed E-state index contributed by atoms with van der Waals surface area (Å²) in [5.41, 5.74) is 0.728. The molecule has 0 saturated carbocycles. The van der Waals surface area contributed by atoms with E-state index in [2.05, 4.69) is 10.6 Å². The normalized spacial score (nSPS) is 17.4. The average Bonchev–Trinajstić information content (AvgIpc) is 2.49. The molecule has 0 radical (unpaired) electrons. The summed E-state index contributed by atoms with van der Waals surface area (Å²) in [6.45, 7) is 3.09. The maximum absolute atomic E-state index is 12.0. The zero-order valence-electron chi connectivity index (χ0n) is 12.7. The second-order valence-electron chi connectivity index (χ2n) is 4.85. The van der Waals surface area contributed by atoms with Crippen molar-refractivity contribution in [2.75, 3.05) is 45.4 Å². The van der Waals surface area contributed by atoms with Crippen molar-refractivity contribution >= 4 is 24.0 Å². The van der Waals surface area contributed by atoms with Crippen molar-refractivity contribution in [2.45, 2.75) is 12.5 Å². The van der Waals surface area contributed by atoms with E-state index >= 15 is 0 Å². The number of amides is 1. The van der Waals surface area contributed by atoms with E-state index in [4.69, 9.17) is 14.2 Å². The van der Waals surface area contributed by atoms with Crippen LogP contribution in [0.4, 0.5) is 5.69 Å². The van der Waals surface area contributed by atoms with E-state index < -0.39 is 0 Å². The third-order valence-electron chi connectivity index (χ3n) is 3.10. The second-order valence-corrected chi connectivity index (χ2v) is 4.85. The van der Waals surface area contributed by atoms with Crippen LogP contribution in [0.15, 0.2) is 24.3 Å². The molecule has 0 aromatic heterocycles. The first-order valence-electron chi connectivity index (χ1n) is 7.10. The van der Waals surface area contributed by atoms with Crippen molar-refractivity contribution in [1.29, 1.82) is 0 Å². The smallest absolute Gasteiger partial charge is 0.226 e. The summed E-state index contributed by atoms with van der Waals surface area (Å²) in [6, 6.07) is 7.42. The van der Waals surface area contributed by atoms with Crippen LogP contribution in [0.5, 0.6) is 5.75 Å². The average molecular weight is 331 g/mol. The Morgan fingerprint density at radius 2 is 2.32 bits per heavy atom. The highest BCUT2D eigenvalue weighted by atomic mass is 35.5. The molecular weight excluding hydrogens is 308 g/mol. The maximum Gasteiger partial charge on any atom is 0.226 e. The van der Waals surface area contributed by atoms with Gasteiger partial charge < -0.3 is 24.8 Å². The molecule has 1 atom stereocenters. The number of hydrogen-bond donors (Lipinski definition) is 2. The third kappa shape index (κ3) is 6.62. The molecule has 22 heavy (non-hydrogen) atoms. The van der Waals surface area contributed by atoms with Gasteiger partial charge in [0.05, 0.1) is 19.8 Å². The number of morpholine rings is 1. The summed E-state index contributed by atoms with van der Waals surface area (Å²) >= 11 is 0. The Hall–Kier alpha value is -1.34. The van der Waals surface area contributed by atoms with Gasteiger partial charge in [-0.25, -0.2) is 0 Å². The Morgan fingerprint density at radius 3 is 3.05 bits per heavy atom. The van der Waals surface area contributed by atoms with Crippen LogP contribution in [0.25, 0.3) is 0 Å². The van der Waals surface area contributed by atoms with E-state index in [-0.39, 0.29) is 24.4 Å². The number of methoxy groups -OCH3 is 1. The topological polar surface area (TPSA) is 68.8 Å². The molecule has 1 aromatic rings. The number of benzene rings is 1. The fourth-order valence-electron chi connectivity index (χ4n) is 2.09. The number of rotatable bonds is 7. The number of ether oxygens (including phenoxy) is 3. The van der Waals surface area contributed by atoms with E-state index in [1.807, 2.05) is 18.2 Å². The van der Waals surface area contributed by atoms with E-state index in [1.54, 1.807) is 13.2 Å². The maximum atomic E-state index is 12.0. The predicted octanol–water partition coefficient (Wildman–Crippen LogP) is 1.45. The lowest BCUT2D eigenvalue weighted by atomic mass is 10.2. The van der Waals surface area contributed by atoms with Gasteiger partial charge in [0.1, 0.15) is 12.4 Å². The van der Waals surface area contributed by atoms with Gasteiger partial charge in [0.25, 0.3) is 0 Å². The quantitative estimate of drug-likeness (QED) is 0.741. The molecule has 1 saturated heterocycles. The van der Waals surface area contributed by atoms with Gasteiger partial charge in [-0.15, -0.1) is 12.4 Å². The molecule has 1 aromatic carbocycles. The molecule has 1 unspecified atom stereocenters. The molecule has 0 bridgehead atoms. The molecule has 1 amide bonds. The Morgan fingerprint density at radius 1 is 1.45 bits per heavy atom. The lowest BCUT2D eigenvalue weighted by molar-refractivity contribution is -0.117. The Bertz CT molecular complexity index is 453. The first-order valence-corrected chi connectivity index (χ1v) is 7.10. The number of nitrogens with one attached hydrogen (secondary N) is 2. The molecule has 1 fully saturated rings. The number of anilines is 1. The first kappa shape index (κ1) is 18.7. The van der Waals surface area contributed by atoms with Gasteiger partial charge in [0.15, 0.2) is 0 Å². The van der Waals surface area contributed by atoms with Crippen molar-refractivity contribution in [3.05, 3.63) is 24.3 Å². The van der Waals surface area contributed by atoms with E-state index in [0.717, 1.165) is 12.2 Å². The van der Waals surface area contributed by atoms with Gasteiger partial charge >= 0.3 is 0 Å². The van der Waals surface area contributed by atoms with Crippen molar-refractivity contribution in [1.82, 2.24) is 5.32 Å².